The maximum Gasteiger partial charge on any atom is 0.134 e. The Morgan fingerprint density at radius 3 is 1.63 bits per heavy atom. The number of aliphatic imine (C=N–C) groups is 2. The standard InChI is InChI=1S/C20H11ClF4N2/c21-15-9-12(26-10-13-16(22)3-1-4-17(13)23)7-8-20(15)27-11-14-18(24)5-2-6-19(14)25/h1-11H. The van der Waals surface area contributed by atoms with E-state index in [1.165, 1.54) is 30.3 Å². The number of rotatable bonds is 4. The molecule has 3 aromatic carbocycles. The van der Waals surface area contributed by atoms with Crippen molar-refractivity contribution in [2.45, 2.75) is 0 Å². The Bertz CT molecular complexity index is 1010. The first kappa shape index (κ1) is 18.8. The monoisotopic (exact) mass is 390 g/mol. The molecule has 27 heavy (non-hydrogen) atoms. The summed E-state index contributed by atoms with van der Waals surface area (Å²) in [7, 11) is 0. The molecule has 0 amide bonds. The quantitative estimate of drug-likeness (QED) is 0.364. The first-order valence-corrected chi connectivity index (χ1v) is 8.09. The smallest absolute Gasteiger partial charge is 0.134 e. The van der Waals surface area contributed by atoms with Crippen LogP contribution in [0.4, 0.5) is 28.9 Å². The molecule has 0 saturated carbocycles. The Balaban J connectivity index is 1.84. The van der Waals surface area contributed by atoms with Gasteiger partial charge in [-0.2, -0.15) is 0 Å². The molecule has 0 radical (unpaired) electrons. The molecule has 7 heteroatoms. The highest BCUT2D eigenvalue weighted by Crippen LogP contribution is 2.29. The van der Waals surface area contributed by atoms with Gasteiger partial charge in [-0.3, -0.25) is 9.98 Å². The largest absolute Gasteiger partial charge is 0.256 e. The predicted octanol–water partition coefficient (Wildman–Crippen LogP) is 6.40. The molecule has 0 aliphatic carbocycles. The van der Waals surface area contributed by atoms with Crippen molar-refractivity contribution < 1.29 is 17.6 Å². The summed E-state index contributed by atoms with van der Waals surface area (Å²) in [6, 6.07) is 11.4. The van der Waals surface area contributed by atoms with Crippen molar-refractivity contribution in [3.8, 4) is 0 Å². The number of halogens is 5. The van der Waals surface area contributed by atoms with Gasteiger partial charge in [0.05, 0.1) is 27.5 Å². The maximum atomic E-state index is 13.6. The van der Waals surface area contributed by atoms with Crippen LogP contribution in [0.2, 0.25) is 5.02 Å². The molecule has 0 N–H and O–H groups in total. The fourth-order valence-electron chi connectivity index (χ4n) is 2.22. The summed E-state index contributed by atoms with van der Waals surface area (Å²) in [5, 5.41) is 0.159. The molecule has 0 aliphatic rings. The topological polar surface area (TPSA) is 24.7 Å². The highest BCUT2D eigenvalue weighted by atomic mass is 35.5. The molecule has 0 fully saturated rings. The third kappa shape index (κ3) is 4.41. The van der Waals surface area contributed by atoms with Gasteiger partial charge in [0.2, 0.25) is 0 Å². The van der Waals surface area contributed by atoms with E-state index in [4.69, 9.17) is 11.6 Å². The highest BCUT2D eigenvalue weighted by Gasteiger charge is 2.07. The average molecular weight is 391 g/mol. The van der Waals surface area contributed by atoms with E-state index in [-0.39, 0.29) is 21.8 Å². The van der Waals surface area contributed by atoms with Crippen molar-refractivity contribution in [1.82, 2.24) is 0 Å². The first-order chi connectivity index (χ1) is 13.0. The fraction of sp³-hybridized carbons (Fsp3) is 0. The zero-order chi connectivity index (χ0) is 19.4. The minimum absolute atomic E-state index is 0.159. The Morgan fingerprint density at radius 2 is 1.15 bits per heavy atom. The zero-order valence-corrected chi connectivity index (χ0v) is 14.4. The van der Waals surface area contributed by atoms with Crippen LogP contribution in [-0.2, 0) is 0 Å². The van der Waals surface area contributed by atoms with E-state index < -0.39 is 23.3 Å². The summed E-state index contributed by atoms with van der Waals surface area (Å²) in [5.74, 6) is -2.97. The summed E-state index contributed by atoms with van der Waals surface area (Å²) < 4.78 is 54.4. The number of hydrogen-bond acceptors (Lipinski definition) is 2. The summed E-state index contributed by atoms with van der Waals surface area (Å²) in [6.45, 7) is 0. The molecule has 3 aromatic rings. The van der Waals surface area contributed by atoms with E-state index in [2.05, 4.69) is 9.98 Å². The van der Waals surface area contributed by atoms with Crippen LogP contribution in [0, 0.1) is 23.3 Å². The Hall–Kier alpha value is -2.99. The van der Waals surface area contributed by atoms with Crippen molar-refractivity contribution >= 4 is 35.4 Å². The van der Waals surface area contributed by atoms with Crippen LogP contribution in [0.15, 0.2) is 64.6 Å². The van der Waals surface area contributed by atoms with E-state index >= 15 is 0 Å². The van der Waals surface area contributed by atoms with Crippen molar-refractivity contribution in [2.24, 2.45) is 9.98 Å². The van der Waals surface area contributed by atoms with E-state index in [9.17, 15) is 17.6 Å². The fourth-order valence-corrected chi connectivity index (χ4v) is 2.45. The van der Waals surface area contributed by atoms with Crippen molar-refractivity contribution in [1.29, 1.82) is 0 Å². The summed E-state index contributed by atoms with van der Waals surface area (Å²) in [6.07, 6.45) is 2.08. The lowest BCUT2D eigenvalue weighted by Gasteiger charge is -2.02. The molecule has 0 aliphatic heterocycles. The molecule has 0 heterocycles. The van der Waals surface area contributed by atoms with Gasteiger partial charge in [0, 0.05) is 12.4 Å². The minimum atomic E-state index is -0.747. The van der Waals surface area contributed by atoms with Crippen LogP contribution in [0.5, 0.6) is 0 Å². The molecule has 2 nitrogen and oxygen atoms in total. The third-order valence-corrected chi connectivity index (χ3v) is 3.91. The zero-order valence-electron chi connectivity index (χ0n) is 13.6. The van der Waals surface area contributed by atoms with Crippen molar-refractivity contribution in [3.63, 3.8) is 0 Å². The maximum absolute atomic E-state index is 13.6. The third-order valence-electron chi connectivity index (χ3n) is 3.61. The SMILES string of the molecule is Fc1cccc(F)c1C=Nc1ccc(N=Cc2c(F)cccc2F)c(Cl)c1. The second-order valence-corrected chi connectivity index (χ2v) is 5.83. The molecule has 3 rings (SSSR count). The van der Waals surface area contributed by atoms with Gasteiger partial charge in [0.25, 0.3) is 0 Å². The molecule has 0 spiro atoms. The summed E-state index contributed by atoms with van der Waals surface area (Å²) in [4.78, 5) is 7.96. The average Bonchev–Trinajstić information content (AvgIpc) is 2.62. The molecular formula is C20H11ClF4N2. The van der Waals surface area contributed by atoms with Crippen LogP contribution in [0.1, 0.15) is 11.1 Å². The molecule has 136 valence electrons. The van der Waals surface area contributed by atoms with Crippen molar-refractivity contribution in [2.75, 3.05) is 0 Å². The lowest BCUT2D eigenvalue weighted by atomic mass is 10.2. The van der Waals surface area contributed by atoms with Gasteiger partial charge in [-0.1, -0.05) is 23.7 Å². The Kier molecular flexibility index (Phi) is 5.66. The van der Waals surface area contributed by atoms with Crippen LogP contribution in [0.3, 0.4) is 0 Å². The molecule has 0 bridgehead atoms. The van der Waals surface area contributed by atoms with Crippen LogP contribution >= 0.6 is 11.6 Å². The minimum Gasteiger partial charge on any atom is -0.256 e. The van der Waals surface area contributed by atoms with Crippen LogP contribution < -0.4 is 0 Å². The van der Waals surface area contributed by atoms with Gasteiger partial charge in [0.1, 0.15) is 23.3 Å². The van der Waals surface area contributed by atoms with Gasteiger partial charge >= 0.3 is 0 Å². The van der Waals surface area contributed by atoms with Crippen LogP contribution in [-0.4, -0.2) is 12.4 Å². The number of nitrogens with zero attached hydrogens (tertiary/aromatic N) is 2. The van der Waals surface area contributed by atoms with Gasteiger partial charge in [0.15, 0.2) is 0 Å². The highest BCUT2D eigenvalue weighted by molar-refractivity contribution is 6.33. The molecular weight excluding hydrogens is 380 g/mol. The van der Waals surface area contributed by atoms with E-state index in [1.54, 1.807) is 0 Å². The first-order valence-electron chi connectivity index (χ1n) is 7.71. The second-order valence-electron chi connectivity index (χ2n) is 5.42. The van der Waals surface area contributed by atoms with Gasteiger partial charge in [-0.25, -0.2) is 17.6 Å². The lowest BCUT2D eigenvalue weighted by Crippen LogP contribution is -1.93. The Morgan fingerprint density at radius 1 is 0.667 bits per heavy atom. The second kappa shape index (κ2) is 8.14. The molecule has 0 atom stereocenters. The van der Waals surface area contributed by atoms with Crippen LogP contribution in [0.25, 0.3) is 0 Å². The van der Waals surface area contributed by atoms with E-state index in [0.29, 0.717) is 5.69 Å². The predicted molar refractivity (Wildman–Crippen MR) is 98.7 cm³/mol. The Labute approximate surface area is 157 Å². The summed E-state index contributed by atoms with van der Waals surface area (Å²) >= 11 is 6.10. The molecule has 0 unspecified atom stereocenters. The van der Waals surface area contributed by atoms with Gasteiger partial charge in [-0.05, 0) is 42.5 Å². The van der Waals surface area contributed by atoms with Crippen molar-refractivity contribution in [3.05, 3.63) is 94.0 Å². The normalized spacial score (nSPS) is 11.6. The van der Waals surface area contributed by atoms with E-state index in [0.717, 1.165) is 36.7 Å². The van der Waals surface area contributed by atoms with Gasteiger partial charge in [-0.15, -0.1) is 0 Å². The number of hydrogen-bond donors (Lipinski definition) is 0. The number of benzene rings is 3. The molecule has 0 aromatic heterocycles. The summed E-state index contributed by atoms with van der Waals surface area (Å²) in [5.41, 5.74) is 0.0328. The van der Waals surface area contributed by atoms with Gasteiger partial charge < -0.3 is 0 Å². The molecule has 0 saturated heterocycles. The van der Waals surface area contributed by atoms with E-state index in [1.807, 2.05) is 0 Å². The lowest BCUT2D eigenvalue weighted by molar-refractivity contribution is 0.579.